The molecule has 2 rings (SSSR count). The average molecular weight is 273 g/mol. The van der Waals surface area contributed by atoms with Gasteiger partial charge in [-0.15, -0.1) is 11.8 Å². The summed E-state index contributed by atoms with van der Waals surface area (Å²) in [6, 6.07) is -0.552. The number of carbonyl (C=O) groups excluding carboxylic acids is 2. The quantitative estimate of drug-likeness (QED) is 0.544. The molecule has 2 fully saturated rings. The lowest BCUT2D eigenvalue weighted by Gasteiger charge is -2.52. The lowest BCUT2D eigenvalue weighted by Crippen LogP contribution is -2.76. The van der Waals surface area contributed by atoms with Crippen LogP contribution in [0.1, 0.15) is 13.3 Å². The number of aliphatic carboxylic acids is 1. The summed E-state index contributed by atoms with van der Waals surface area (Å²) in [6.45, 7) is 1.63. The van der Waals surface area contributed by atoms with Crippen molar-refractivity contribution in [3.05, 3.63) is 0 Å². The summed E-state index contributed by atoms with van der Waals surface area (Å²) < 4.78 is 0. The van der Waals surface area contributed by atoms with Crippen LogP contribution in [0.15, 0.2) is 0 Å². The molecule has 18 heavy (non-hydrogen) atoms. The van der Waals surface area contributed by atoms with Gasteiger partial charge in [0.05, 0.1) is 6.54 Å². The first-order chi connectivity index (χ1) is 8.41. The zero-order chi connectivity index (χ0) is 13.5. The fourth-order valence-electron chi connectivity index (χ4n) is 2.09. The minimum atomic E-state index is -1.40. The van der Waals surface area contributed by atoms with E-state index < -0.39 is 17.6 Å². The molecule has 0 aromatic rings. The van der Waals surface area contributed by atoms with Crippen molar-refractivity contribution in [3.63, 3.8) is 0 Å². The van der Waals surface area contributed by atoms with E-state index in [-0.39, 0.29) is 35.9 Å². The van der Waals surface area contributed by atoms with Gasteiger partial charge in [0.25, 0.3) is 0 Å². The van der Waals surface area contributed by atoms with Crippen LogP contribution in [0.4, 0.5) is 0 Å². The van der Waals surface area contributed by atoms with Gasteiger partial charge in [-0.3, -0.25) is 9.59 Å². The number of nitrogens with zero attached hydrogens (tertiary/aromatic N) is 1. The Morgan fingerprint density at radius 1 is 1.67 bits per heavy atom. The second-order valence-electron chi connectivity index (χ2n) is 4.48. The molecule has 2 amide bonds. The second kappa shape index (κ2) is 4.43. The normalized spacial score (nSPS) is 34.6. The highest BCUT2D eigenvalue weighted by atomic mass is 32.2. The van der Waals surface area contributed by atoms with Crippen LogP contribution in [0.5, 0.6) is 0 Å². The van der Waals surface area contributed by atoms with Crippen molar-refractivity contribution in [3.8, 4) is 0 Å². The average Bonchev–Trinajstić information content (AvgIpc) is 2.37. The monoisotopic (exact) mass is 273 g/mol. The molecule has 100 valence electrons. The Bertz CT molecular complexity index is 416. The van der Waals surface area contributed by atoms with Crippen LogP contribution in [-0.4, -0.2) is 57.0 Å². The van der Waals surface area contributed by atoms with Crippen LogP contribution in [0.3, 0.4) is 0 Å². The van der Waals surface area contributed by atoms with Crippen molar-refractivity contribution >= 4 is 29.5 Å². The minimum absolute atomic E-state index is 0.0156. The Morgan fingerprint density at radius 2 is 2.33 bits per heavy atom. The number of hydrogen-bond acceptors (Lipinski definition) is 5. The Labute approximate surface area is 108 Å². The molecule has 3 atom stereocenters. The van der Waals surface area contributed by atoms with Gasteiger partial charge in [0.1, 0.15) is 11.4 Å². The number of carboxylic acid groups (broad SMARTS) is 1. The minimum Gasteiger partial charge on any atom is -0.479 e. The molecule has 0 spiro atoms. The molecule has 0 aromatic heterocycles. The lowest BCUT2D eigenvalue weighted by atomic mass is 9.96. The molecular formula is C10H15N3O4S. The summed E-state index contributed by atoms with van der Waals surface area (Å²) in [5.74, 6) is -1.50. The van der Waals surface area contributed by atoms with Gasteiger partial charge in [0.2, 0.25) is 11.8 Å². The number of rotatable bonds is 3. The summed E-state index contributed by atoms with van der Waals surface area (Å²) in [6.07, 6.45) is 0.205. The highest BCUT2D eigenvalue weighted by molar-refractivity contribution is 8.00. The lowest BCUT2D eigenvalue weighted by molar-refractivity contribution is -0.154. The SMILES string of the molecule is CCC(=O)NC1(C(=O)O)CS[C@@H]2C(N)C(=O)N2C1. The van der Waals surface area contributed by atoms with Crippen LogP contribution in [0.25, 0.3) is 0 Å². The maximum atomic E-state index is 11.5. The number of hydrogen-bond donors (Lipinski definition) is 3. The molecule has 0 aliphatic carbocycles. The van der Waals surface area contributed by atoms with Crippen LogP contribution in [0, 0.1) is 0 Å². The van der Waals surface area contributed by atoms with E-state index in [0.717, 1.165) is 0 Å². The third kappa shape index (κ3) is 1.85. The summed E-state index contributed by atoms with van der Waals surface area (Å²) in [5.41, 5.74) is 4.22. The predicted octanol–water partition coefficient (Wildman–Crippen LogP) is -1.42. The van der Waals surface area contributed by atoms with E-state index in [1.807, 2.05) is 0 Å². The van der Waals surface area contributed by atoms with Gasteiger partial charge in [-0.25, -0.2) is 4.79 Å². The summed E-state index contributed by atoms with van der Waals surface area (Å²) in [4.78, 5) is 35.8. The van der Waals surface area contributed by atoms with Crippen molar-refractivity contribution in [2.75, 3.05) is 12.3 Å². The molecule has 2 heterocycles. The maximum Gasteiger partial charge on any atom is 0.332 e. The van der Waals surface area contributed by atoms with Crippen LogP contribution in [-0.2, 0) is 14.4 Å². The molecule has 0 bridgehead atoms. The summed E-state index contributed by atoms with van der Waals surface area (Å²) in [7, 11) is 0. The molecule has 7 nitrogen and oxygen atoms in total. The molecule has 2 unspecified atom stereocenters. The Morgan fingerprint density at radius 3 is 2.89 bits per heavy atom. The molecule has 0 saturated carbocycles. The molecule has 8 heteroatoms. The van der Waals surface area contributed by atoms with E-state index in [9.17, 15) is 19.5 Å². The fourth-order valence-corrected chi connectivity index (χ4v) is 3.51. The van der Waals surface area contributed by atoms with E-state index in [4.69, 9.17) is 5.73 Å². The second-order valence-corrected chi connectivity index (χ2v) is 5.59. The van der Waals surface area contributed by atoms with E-state index in [1.54, 1.807) is 6.92 Å². The smallest absolute Gasteiger partial charge is 0.332 e. The van der Waals surface area contributed by atoms with Crippen molar-refractivity contribution in [2.45, 2.75) is 30.3 Å². The van der Waals surface area contributed by atoms with E-state index >= 15 is 0 Å². The zero-order valence-corrected chi connectivity index (χ0v) is 10.7. The molecular weight excluding hydrogens is 258 g/mol. The zero-order valence-electron chi connectivity index (χ0n) is 9.88. The highest BCUT2D eigenvalue weighted by Gasteiger charge is 2.56. The van der Waals surface area contributed by atoms with Crippen molar-refractivity contribution < 1.29 is 19.5 Å². The van der Waals surface area contributed by atoms with Crippen LogP contribution < -0.4 is 11.1 Å². The molecule has 0 radical (unpaired) electrons. The summed E-state index contributed by atoms with van der Waals surface area (Å²) in [5, 5.41) is 11.7. The maximum absolute atomic E-state index is 11.5. The van der Waals surface area contributed by atoms with Crippen molar-refractivity contribution in [2.24, 2.45) is 5.73 Å². The highest BCUT2D eigenvalue weighted by Crippen LogP contribution is 2.37. The number of β-lactam (4-membered cyclic amide) rings is 1. The topological polar surface area (TPSA) is 113 Å². The third-order valence-corrected chi connectivity index (χ3v) is 4.78. The fraction of sp³-hybridized carbons (Fsp3) is 0.700. The van der Waals surface area contributed by atoms with Crippen molar-refractivity contribution in [1.29, 1.82) is 0 Å². The largest absolute Gasteiger partial charge is 0.479 e. The van der Waals surface area contributed by atoms with E-state index in [2.05, 4.69) is 5.32 Å². The van der Waals surface area contributed by atoms with E-state index in [0.29, 0.717) is 0 Å². The number of nitrogens with two attached hydrogens (primary N) is 1. The third-order valence-electron chi connectivity index (χ3n) is 3.23. The standard InChI is InChI=1S/C10H15N3O4S/c1-2-5(14)12-10(9(16)17)3-13-7(15)6(11)8(13)18-4-10/h6,8H,2-4,11H2,1H3,(H,12,14)(H,16,17)/t6?,8-,10?/m1/s1. The Hall–Kier alpha value is -1.28. The van der Waals surface area contributed by atoms with E-state index in [1.165, 1.54) is 16.7 Å². The van der Waals surface area contributed by atoms with Gasteiger partial charge in [0.15, 0.2) is 5.54 Å². The number of nitrogens with one attached hydrogen (secondary N) is 1. The molecule has 0 aromatic carbocycles. The number of thioether (sulfide) groups is 1. The van der Waals surface area contributed by atoms with Gasteiger partial charge in [0, 0.05) is 12.2 Å². The predicted molar refractivity (Wildman–Crippen MR) is 64.7 cm³/mol. The molecule has 2 aliphatic heterocycles. The van der Waals surface area contributed by atoms with Crippen LogP contribution in [0.2, 0.25) is 0 Å². The Kier molecular flexibility index (Phi) is 3.24. The first kappa shape index (κ1) is 13.2. The molecule has 4 N–H and O–H groups in total. The summed E-state index contributed by atoms with van der Waals surface area (Å²) >= 11 is 1.30. The van der Waals surface area contributed by atoms with Gasteiger partial charge in [-0.2, -0.15) is 0 Å². The van der Waals surface area contributed by atoms with Gasteiger partial charge >= 0.3 is 5.97 Å². The van der Waals surface area contributed by atoms with Gasteiger partial charge < -0.3 is 21.1 Å². The molecule has 2 aliphatic rings. The Balaban J connectivity index is 2.16. The van der Waals surface area contributed by atoms with Gasteiger partial charge in [-0.05, 0) is 0 Å². The number of carbonyl (C=O) groups is 3. The van der Waals surface area contributed by atoms with Crippen LogP contribution >= 0.6 is 11.8 Å². The number of fused-ring (bicyclic) bond motifs is 1. The molecule has 2 saturated heterocycles. The first-order valence-electron chi connectivity index (χ1n) is 5.63. The number of carboxylic acids is 1. The first-order valence-corrected chi connectivity index (χ1v) is 6.68. The van der Waals surface area contributed by atoms with Gasteiger partial charge in [-0.1, -0.05) is 6.92 Å². The van der Waals surface area contributed by atoms with Crippen molar-refractivity contribution in [1.82, 2.24) is 10.2 Å². The number of amides is 2.